The molecule has 2 fully saturated rings. The summed E-state index contributed by atoms with van der Waals surface area (Å²) in [5.74, 6) is 1.57. The molecule has 5 heteroatoms. The molecule has 0 radical (unpaired) electrons. The van der Waals surface area contributed by atoms with Crippen LogP contribution in [0.3, 0.4) is 0 Å². The van der Waals surface area contributed by atoms with Crippen molar-refractivity contribution in [1.29, 1.82) is 0 Å². The molecule has 1 amide bonds. The summed E-state index contributed by atoms with van der Waals surface area (Å²) in [6, 6.07) is 10.4. The zero-order valence-corrected chi connectivity index (χ0v) is 16.0. The monoisotopic (exact) mass is 360 g/mol. The van der Waals surface area contributed by atoms with Crippen molar-refractivity contribution in [3.05, 3.63) is 35.9 Å². The molecule has 1 saturated heterocycles. The Kier molecular flexibility index (Phi) is 6.92. The van der Waals surface area contributed by atoms with E-state index < -0.39 is 0 Å². The molecule has 3 atom stereocenters. The number of rotatable bonds is 5. The summed E-state index contributed by atoms with van der Waals surface area (Å²) in [4.78, 5) is 14.1. The topological polar surface area (TPSA) is 50.8 Å². The molecule has 0 bridgehead atoms. The Bertz CT molecular complexity index is 556. The number of benzene rings is 1. The Morgan fingerprint density at radius 2 is 1.92 bits per heavy atom. The first-order valence-electron chi connectivity index (χ1n) is 9.90. The number of ether oxygens (including phenoxy) is 2. The van der Waals surface area contributed by atoms with E-state index in [1.165, 1.54) is 19.3 Å². The normalized spacial score (nSPS) is 29.4. The summed E-state index contributed by atoms with van der Waals surface area (Å²) < 4.78 is 11.3. The lowest BCUT2D eigenvalue weighted by atomic mass is 9.80. The molecule has 1 aliphatic heterocycles. The maximum absolute atomic E-state index is 12.3. The smallest absolute Gasteiger partial charge is 0.410 e. The summed E-state index contributed by atoms with van der Waals surface area (Å²) in [5.41, 5.74) is 1.01. The van der Waals surface area contributed by atoms with Crippen LogP contribution >= 0.6 is 0 Å². The second-order valence-corrected chi connectivity index (χ2v) is 8.00. The van der Waals surface area contributed by atoms with Crippen LogP contribution in [0.4, 0.5) is 4.79 Å². The van der Waals surface area contributed by atoms with E-state index in [-0.39, 0.29) is 12.2 Å². The lowest BCUT2D eigenvalue weighted by Crippen LogP contribution is -2.50. The van der Waals surface area contributed by atoms with Crippen molar-refractivity contribution >= 4 is 6.09 Å². The maximum Gasteiger partial charge on any atom is 0.410 e. The predicted octanol–water partition coefficient (Wildman–Crippen LogP) is 3.44. The van der Waals surface area contributed by atoms with E-state index >= 15 is 0 Å². The highest BCUT2D eigenvalue weighted by Crippen LogP contribution is 2.28. The van der Waals surface area contributed by atoms with Gasteiger partial charge in [0.1, 0.15) is 6.61 Å². The van der Waals surface area contributed by atoms with Crippen LogP contribution in [0.1, 0.15) is 38.7 Å². The average Bonchev–Trinajstić information content (AvgIpc) is 2.65. The van der Waals surface area contributed by atoms with E-state index in [4.69, 9.17) is 9.47 Å². The van der Waals surface area contributed by atoms with Crippen LogP contribution in [0.15, 0.2) is 30.3 Å². The van der Waals surface area contributed by atoms with Gasteiger partial charge in [0.25, 0.3) is 0 Å². The molecule has 26 heavy (non-hydrogen) atoms. The SMILES string of the molecule is CC1CC(C)CC(NCC2CN(C(=O)OCc3ccccc3)CCO2)C1. The third-order valence-electron chi connectivity index (χ3n) is 5.41. The number of nitrogens with one attached hydrogen (secondary N) is 1. The highest BCUT2D eigenvalue weighted by molar-refractivity contribution is 5.67. The van der Waals surface area contributed by atoms with Crippen LogP contribution in [-0.4, -0.2) is 49.4 Å². The molecule has 2 aliphatic rings. The molecule has 1 aliphatic carbocycles. The highest BCUT2D eigenvalue weighted by Gasteiger charge is 2.28. The van der Waals surface area contributed by atoms with Gasteiger partial charge in [0.05, 0.1) is 19.3 Å². The Hall–Kier alpha value is -1.59. The standard InChI is InChI=1S/C21H32N2O3/c1-16-10-17(2)12-19(11-16)22-13-20-14-23(8-9-25-20)21(24)26-15-18-6-4-3-5-7-18/h3-7,16-17,19-20,22H,8-15H2,1-2H3. The van der Waals surface area contributed by atoms with Crippen LogP contribution in [0.2, 0.25) is 0 Å². The number of amides is 1. The second-order valence-electron chi connectivity index (χ2n) is 8.00. The van der Waals surface area contributed by atoms with Crippen LogP contribution < -0.4 is 5.32 Å². The third kappa shape index (κ3) is 5.71. The van der Waals surface area contributed by atoms with Gasteiger partial charge in [-0.1, -0.05) is 44.2 Å². The Morgan fingerprint density at radius 1 is 1.19 bits per heavy atom. The molecule has 1 aromatic carbocycles. The Morgan fingerprint density at radius 3 is 2.65 bits per heavy atom. The quantitative estimate of drug-likeness (QED) is 0.874. The van der Waals surface area contributed by atoms with Gasteiger partial charge >= 0.3 is 6.09 Å². The van der Waals surface area contributed by atoms with Crippen molar-refractivity contribution in [3.63, 3.8) is 0 Å². The zero-order valence-electron chi connectivity index (χ0n) is 16.0. The van der Waals surface area contributed by atoms with E-state index in [1.807, 2.05) is 30.3 Å². The molecule has 3 rings (SSSR count). The van der Waals surface area contributed by atoms with E-state index in [0.29, 0.717) is 32.3 Å². The average molecular weight is 360 g/mol. The summed E-state index contributed by atoms with van der Waals surface area (Å²) >= 11 is 0. The molecule has 1 N–H and O–H groups in total. The van der Waals surface area contributed by atoms with Gasteiger partial charge in [-0.25, -0.2) is 4.79 Å². The highest BCUT2D eigenvalue weighted by atomic mass is 16.6. The van der Waals surface area contributed by atoms with Crippen molar-refractivity contribution in [2.75, 3.05) is 26.2 Å². The van der Waals surface area contributed by atoms with Crippen LogP contribution in [0.25, 0.3) is 0 Å². The predicted molar refractivity (Wildman–Crippen MR) is 102 cm³/mol. The summed E-state index contributed by atoms with van der Waals surface area (Å²) in [6.45, 7) is 7.56. The molecule has 5 nitrogen and oxygen atoms in total. The van der Waals surface area contributed by atoms with Gasteiger partial charge in [0, 0.05) is 19.1 Å². The van der Waals surface area contributed by atoms with Crippen LogP contribution in [0.5, 0.6) is 0 Å². The molecule has 144 valence electrons. The minimum atomic E-state index is -0.248. The van der Waals surface area contributed by atoms with Crippen LogP contribution in [-0.2, 0) is 16.1 Å². The summed E-state index contributed by atoms with van der Waals surface area (Å²) in [5, 5.41) is 3.67. The number of hydrogen-bond donors (Lipinski definition) is 1. The summed E-state index contributed by atoms with van der Waals surface area (Å²) in [6.07, 6.45) is 3.60. The van der Waals surface area contributed by atoms with E-state index in [0.717, 1.165) is 23.9 Å². The van der Waals surface area contributed by atoms with E-state index in [2.05, 4.69) is 19.2 Å². The molecule has 1 aromatic rings. The number of carbonyl (C=O) groups excluding carboxylic acids is 1. The minimum Gasteiger partial charge on any atom is -0.445 e. The van der Waals surface area contributed by atoms with Crippen molar-refractivity contribution in [1.82, 2.24) is 10.2 Å². The van der Waals surface area contributed by atoms with Gasteiger partial charge in [0.2, 0.25) is 0 Å². The Balaban J connectivity index is 1.41. The maximum atomic E-state index is 12.3. The number of morpholine rings is 1. The molecule has 0 spiro atoms. The number of nitrogens with zero attached hydrogens (tertiary/aromatic N) is 1. The van der Waals surface area contributed by atoms with Gasteiger partial charge in [0.15, 0.2) is 0 Å². The lowest BCUT2D eigenvalue weighted by Gasteiger charge is -2.36. The van der Waals surface area contributed by atoms with Gasteiger partial charge in [-0.2, -0.15) is 0 Å². The second kappa shape index (κ2) is 9.38. The molecule has 1 saturated carbocycles. The summed E-state index contributed by atoms with van der Waals surface area (Å²) in [7, 11) is 0. The first kappa shape index (κ1) is 19.2. The first-order chi connectivity index (χ1) is 12.6. The lowest BCUT2D eigenvalue weighted by molar-refractivity contribution is -0.0288. The largest absolute Gasteiger partial charge is 0.445 e. The number of carbonyl (C=O) groups is 1. The van der Waals surface area contributed by atoms with Crippen molar-refractivity contribution in [3.8, 4) is 0 Å². The first-order valence-corrected chi connectivity index (χ1v) is 9.90. The van der Waals surface area contributed by atoms with E-state index in [9.17, 15) is 4.79 Å². The minimum absolute atomic E-state index is 0.0422. The van der Waals surface area contributed by atoms with Gasteiger partial charge in [-0.15, -0.1) is 0 Å². The molecule has 0 aromatic heterocycles. The van der Waals surface area contributed by atoms with E-state index in [1.54, 1.807) is 4.90 Å². The van der Waals surface area contributed by atoms with Gasteiger partial charge in [-0.05, 0) is 36.7 Å². The van der Waals surface area contributed by atoms with Crippen LogP contribution in [0, 0.1) is 11.8 Å². The van der Waals surface area contributed by atoms with Gasteiger partial charge < -0.3 is 19.7 Å². The third-order valence-corrected chi connectivity index (χ3v) is 5.41. The molecular formula is C21H32N2O3. The van der Waals surface area contributed by atoms with Crippen molar-refractivity contribution in [2.45, 2.75) is 51.9 Å². The fourth-order valence-electron chi connectivity index (χ4n) is 4.23. The fourth-order valence-corrected chi connectivity index (χ4v) is 4.23. The fraction of sp³-hybridized carbons (Fsp3) is 0.667. The van der Waals surface area contributed by atoms with Gasteiger partial charge in [-0.3, -0.25) is 0 Å². The molecule has 1 heterocycles. The zero-order chi connectivity index (χ0) is 18.4. The molecular weight excluding hydrogens is 328 g/mol. The molecule has 3 unspecified atom stereocenters. The van der Waals surface area contributed by atoms with Crippen molar-refractivity contribution in [2.24, 2.45) is 11.8 Å². The Labute approximate surface area is 157 Å². The van der Waals surface area contributed by atoms with Crippen molar-refractivity contribution < 1.29 is 14.3 Å². The number of hydrogen-bond acceptors (Lipinski definition) is 4.